The largest absolute Gasteiger partial charge is 0.273 e. The lowest BCUT2D eigenvalue weighted by Gasteiger charge is -2.15. The normalized spacial score (nSPS) is 16.3. The van der Waals surface area contributed by atoms with Crippen LogP contribution in [0.5, 0.6) is 0 Å². The van der Waals surface area contributed by atoms with Crippen LogP contribution in [0.15, 0.2) is 29.4 Å². The number of hydrogen-bond donors (Lipinski definition) is 1. The molecule has 1 aromatic carbocycles. The van der Waals surface area contributed by atoms with E-state index in [0.29, 0.717) is 10.9 Å². The maximum absolute atomic E-state index is 11.9. The minimum absolute atomic E-state index is 0.0906. The summed E-state index contributed by atoms with van der Waals surface area (Å²) in [6, 6.07) is 9.18. The minimum Gasteiger partial charge on any atom is -0.273 e. The Bertz CT molecular complexity index is 604. The van der Waals surface area contributed by atoms with Crippen LogP contribution < -0.4 is 10.3 Å². The SMILES string of the molecule is Cc1ccc(N2C(=O)CS/C2=N/NC(=O)CC#N)cc1. The summed E-state index contributed by atoms with van der Waals surface area (Å²) in [5.74, 6) is -0.308. The van der Waals surface area contributed by atoms with Crippen molar-refractivity contribution in [1.29, 1.82) is 5.26 Å². The van der Waals surface area contributed by atoms with Gasteiger partial charge in [0.25, 0.3) is 5.91 Å². The van der Waals surface area contributed by atoms with E-state index in [1.807, 2.05) is 31.2 Å². The van der Waals surface area contributed by atoms with Crippen molar-refractivity contribution in [3.8, 4) is 6.07 Å². The van der Waals surface area contributed by atoms with Crippen LogP contribution in [0.4, 0.5) is 5.69 Å². The van der Waals surface area contributed by atoms with Crippen LogP contribution in [-0.4, -0.2) is 22.7 Å². The Morgan fingerprint density at radius 3 is 2.85 bits per heavy atom. The Morgan fingerprint density at radius 2 is 2.20 bits per heavy atom. The fourth-order valence-corrected chi connectivity index (χ4v) is 2.44. The number of hydrogen-bond acceptors (Lipinski definition) is 5. The molecule has 7 heteroatoms. The van der Waals surface area contributed by atoms with Gasteiger partial charge in [0, 0.05) is 0 Å². The van der Waals surface area contributed by atoms with Crippen molar-refractivity contribution >= 4 is 34.4 Å². The number of amidine groups is 1. The maximum atomic E-state index is 11.9. The van der Waals surface area contributed by atoms with Gasteiger partial charge in [-0.25, -0.2) is 5.43 Å². The molecule has 0 spiro atoms. The first-order chi connectivity index (χ1) is 9.61. The topological polar surface area (TPSA) is 85.6 Å². The van der Waals surface area contributed by atoms with Crippen molar-refractivity contribution in [3.05, 3.63) is 29.8 Å². The molecule has 102 valence electrons. The first-order valence-electron chi connectivity index (χ1n) is 5.87. The molecule has 0 unspecified atom stereocenters. The number of nitrogens with one attached hydrogen (secondary N) is 1. The second-order valence-corrected chi connectivity index (χ2v) is 5.06. The Labute approximate surface area is 120 Å². The van der Waals surface area contributed by atoms with Crippen LogP contribution in [0, 0.1) is 18.3 Å². The van der Waals surface area contributed by atoms with Gasteiger partial charge in [-0.15, -0.1) is 5.10 Å². The van der Waals surface area contributed by atoms with Crippen LogP contribution in [0.3, 0.4) is 0 Å². The third kappa shape index (κ3) is 3.16. The Morgan fingerprint density at radius 1 is 1.50 bits per heavy atom. The van der Waals surface area contributed by atoms with Gasteiger partial charge in [-0.1, -0.05) is 29.5 Å². The fourth-order valence-electron chi connectivity index (χ4n) is 1.61. The Kier molecular flexibility index (Phi) is 4.38. The Hall–Kier alpha value is -2.33. The molecule has 2 amide bonds. The Balaban J connectivity index is 2.19. The van der Waals surface area contributed by atoms with Gasteiger partial charge >= 0.3 is 0 Å². The van der Waals surface area contributed by atoms with E-state index in [-0.39, 0.29) is 18.1 Å². The van der Waals surface area contributed by atoms with Crippen molar-refractivity contribution in [2.75, 3.05) is 10.7 Å². The fraction of sp³-hybridized carbons (Fsp3) is 0.231. The highest BCUT2D eigenvalue weighted by molar-refractivity contribution is 8.15. The summed E-state index contributed by atoms with van der Waals surface area (Å²) in [7, 11) is 0. The molecular weight excluding hydrogens is 276 g/mol. The molecule has 0 saturated carbocycles. The molecule has 1 aliphatic heterocycles. The molecule has 0 radical (unpaired) electrons. The minimum atomic E-state index is -0.496. The van der Waals surface area contributed by atoms with Gasteiger partial charge in [-0.2, -0.15) is 5.26 Å². The second-order valence-electron chi connectivity index (χ2n) is 4.12. The van der Waals surface area contributed by atoms with Crippen LogP contribution >= 0.6 is 11.8 Å². The maximum Gasteiger partial charge on any atom is 0.254 e. The first-order valence-corrected chi connectivity index (χ1v) is 6.86. The van der Waals surface area contributed by atoms with E-state index >= 15 is 0 Å². The smallest absolute Gasteiger partial charge is 0.254 e. The van der Waals surface area contributed by atoms with Crippen molar-refractivity contribution in [2.24, 2.45) is 5.10 Å². The van der Waals surface area contributed by atoms with Gasteiger partial charge < -0.3 is 0 Å². The molecule has 0 aliphatic carbocycles. The summed E-state index contributed by atoms with van der Waals surface area (Å²) in [6.45, 7) is 1.96. The van der Waals surface area contributed by atoms with Crippen molar-refractivity contribution < 1.29 is 9.59 Å². The zero-order valence-corrected chi connectivity index (χ0v) is 11.6. The number of anilines is 1. The van der Waals surface area contributed by atoms with Crippen LogP contribution in [0.1, 0.15) is 12.0 Å². The predicted octanol–water partition coefficient (Wildman–Crippen LogP) is 1.38. The standard InChI is InChI=1S/C13H12N4O2S/c1-9-2-4-10(5-3-9)17-12(19)8-20-13(17)16-15-11(18)6-7-14/h2-5H,6,8H2,1H3,(H,15,18)/b16-13+. The quantitative estimate of drug-likeness (QED) is 0.851. The molecule has 20 heavy (non-hydrogen) atoms. The highest BCUT2D eigenvalue weighted by Crippen LogP contribution is 2.26. The summed E-state index contributed by atoms with van der Waals surface area (Å²) >= 11 is 1.25. The zero-order chi connectivity index (χ0) is 14.5. The van der Waals surface area contributed by atoms with Crippen molar-refractivity contribution in [2.45, 2.75) is 13.3 Å². The monoisotopic (exact) mass is 288 g/mol. The van der Waals surface area contributed by atoms with E-state index in [9.17, 15) is 9.59 Å². The van der Waals surface area contributed by atoms with Crippen LogP contribution in [-0.2, 0) is 9.59 Å². The summed E-state index contributed by atoms with van der Waals surface area (Å²) in [5, 5.41) is 12.7. The zero-order valence-electron chi connectivity index (χ0n) is 10.8. The van der Waals surface area contributed by atoms with Gasteiger partial charge in [-0.3, -0.25) is 14.5 Å². The molecule has 0 bridgehead atoms. The number of benzene rings is 1. The van der Waals surface area contributed by atoms with Gasteiger partial charge in [-0.05, 0) is 19.1 Å². The number of hydrazone groups is 1. The van der Waals surface area contributed by atoms with Gasteiger partial charge in [0.1, 0.15) is 6.42 Å². The number of nitrogens with zero attached hydrogens (tertiary/aromatic N) is 3. The molecule has 6 nitrogen and oxygen atoms in total. The lowest BCUT2D eigenvalue weighted by Crippen LogP contribution is -2.31. The molecule has 0 aromatic heterocycles. The molecule has 1 saturated heterocycles. The van der Waals surface area contributed by atoms with Crippen molar-refractivity contribution in [3.63, 3.8) is 0 Å². The van der Waals surface area contributed by atoms with E-state index in [0.717, 1.165) is 5.56 Å². The molecular formula is C13H12N4O2S. The van der Waals surface area contributed by atoms with Gasteiger partial charge in [0.05, 0.1) is 17.5 Å². The van der Waals surface area contributed by atoms with E-state index in [2.05, 4.69) is 10.5 Å². The number of carbonyl (C=O) groups excluding carboxylic acids is 2. The molecule has 1 aliphatic rings. The number of rotatable bonds is 3. The third-order valence-corrected chi connectivity index (χ3v) is 3.50. The van der Waals surface area contributed by atoms with Crippen LogP contribution in [0.2, 0.25) is 0 Å². The lowest BCUT2D eigenvalue weighted by atomic mass is 10.2. The van der Waals surface area contributed by atoms with E-state index < -0.39 is 5.91 Å². The third-order valence-electron chi connectivity index (χ3n) is 2.57. The van der Waals surface area contributed by atoms with E-state index in [1.54, 1.807) is 6.07 Å². The van der Waals surface area contributed by atoms with Gasteiger partial charge in [0.2, 0.25) is 5.91 Å². The summed E-state index contributed by atoms with van der Waals surface area (Å²) in [6.07, 6.45) is -0.264. The second kappa shape index (κ2) is 6.21. The lowest BCUT2D eigenvalue weighted by molar-refractivity contribution is -0.120. The first kappa shape index (κ1) is 14.1. The average molecular weight is 288 g/mol. The highest BCUT2D eigenvalue weighted by Gasteiger charge is 2.29. The highest BCUT2D eigenvalue weighted by atomic mass is 32.2. The van der Waals surface area contributed by atoms with E-state index in [1.165, 1.54) is 16.7 Å². The molecule has 1 aromatic rings. The van der Waals surface area contributed by atoms with Crippen molar-refractivity contribution in [1.82, 2.24) is 5.43 Å². The molecule has 1 N–H and O–H groups in total. The summed E-state index contributed by atoms with van der Waals surface area (Å²) in [4.78, 5) is 24.6. The molecule has 0 atom stereocenters. The number of nitriles is 1. The number of thioether (sulfide) groups is 1. The summed E-state index contributed by atoms with van der Waals surface area (Å²) < 4.78 is 0. The van der Waals surface area contributed by atoms with Crippen LogP contribution in [0.25, 0.3) is 0 Å². The van der Waals surface area contributed by atoms with Gasteiger partial charge in [0.15, 0.2) is 5.17 Å². The predicted molar refractivity (Wildman–Crippen MR) is 76.9 cm³/mol. The van der Waals surface area contributed by atoms with E-state index in [4.69, 9.17) is 5.26 Å². The molecule has 1 heterocycles. The number of amides is 2. The average Bonchev–Trinajstić information content (AvgIpc) is 2.79. The molecule has 2 rings (SSSR count). The number of aryl methyl sites for hydroxylation is 1. The summed E-state index contributed by atoms with van der Waals surface area (Å²) in [5.41, 5.74) is 4.07. The number of carbonyl (C=O) groups is 2. The molecule has 1 fully saturated rings.